The summed E-state index contributed by atoms with van der Waals surface area (Å²) in [7, 11) is 0. The fourth-order valence-electron chi connectivity index (χ4n) is 3.17. The number of anilines is 1. The molecule has 0 radical (unpaired) electrons. The average Bonchev–Trinajstić information content (AvgIpc) is 3.15. The zero-order chi connectivity index (χ0) is 17.7. The molecule has 5 nitrogen and oxygen atoms in total. The van der Waals surface area contributed by atoms with E-state index in [1.165, 1.54) is 16.6 Å². The molecular formula is C17H15ClF2N4O. The Morgan fingerprint density at radius 2 is 2.20 bits per heavy atom. The van der Waals surface area contributed by atoms with Crippen LogP contribution >= 0.6 is 11.6 Å². The standard InChI is InChI=1S/C17H15ClF2N4O/c1-2-12-21-13-4-3-10(17(19)20)16(24(13)23-12)9-5-8-7-14(25)22-15(8)11(18)6-9/h3-6,14,17,22,25H,2,7H2,1H3. The Kier molecular flexibility index (Phi) is 3.85. The van der Waals surface area contributed by atoms with Gasteiger partial charge in [-0.05, 0) is 29.8 Å². The van der Waals surface area contributed by atoms with Gasteiger partial charge in [0.25, 0.3) is 6.43 Å². The number of aromatic nitrogens is 3. The number of fused-ring (bicyclic) bond motifs is 2. The molecule has 0 fully saturated rings. The van der Waals surface area contributed by atoms with Crippen LogP contribution in [0, 0.1) is 0 Å². The number of aryl methyl sites for hydroxylation is 1. The third-order valence-electron chi connectivity index (χ3n) is 4.29. The number of pyridine rings is 1. The smallest absolute Gasteiger partial charge is 0.265 e. The highest BCUT2D eigenvalue weighted by Crippen LogP contribution is 2.39. The molecular weight excluding hydrogens is 350 g/mol. The van der Waals surface area contributed by atoms with Crippen molar-refractivity contribution in [2.24, 2.45) is 0 Å². The molecule has 0 saturated carbocycles. The van der Waals surface area contributed by atoms with Crippen LogP contribution in [0.2, 0.25) is 5.02 Å². The number of alkyl halides is 2. The zero-order valence-corrected chi connectivity index (χ0v) is 14.1. The van der Waals surface area contributed by atoms with Crippen molar-refractivity contribution in [3.05, 3.63) is 46.2 Å². The van der Waals surface area contributed by atoms with Crippen LogP contribution < -0.4 is 5.32 Å². The van der Waals surface area contributed by atoms with Crippen LogP contribution in [0.5, 0.6) is 0 Å². The van der Waals surface area contributed by atoms with Gasteiger partial charge in [0.1, 0.15) is 6.23 Å². The Morgan fingerprint density at radius 3 is 2.92 bits per heavy atom. The summed E-state index contributed by atoms with van der Waals surface area (Å²) in [4.78, 5) is 4.35. The fourth-order valence-corrected chi connectivity index (χ4v) is 3.46. The molecule has 130 valence electrons. The Balaban J connectivity index is 2.00. The van der Waals surface area contributed by atoms with E-state index >= 15 is 0 Å². The molecule has 2 N–H and O–H groups in total. The molecule has 1 atom stereocenters. The van der Waals surface area contributed by atoms with E-state index in [4.69, 9.17) is 11.6 Å². The molecule has 1 aromatic carbocycles. The predicted molar refractivity (Wildman–Crippen MR) is 91.1 cm³/mol. The second-order valence-electron chi connectivity index (χ2n) is 5.95. The summed E-state index contributed by atoms with van der Waals surface area (Å²) in [5.41, 5.74) is 2.58. The number of aliphatic hydroxyl groups is 1. The first kappa shape index (κ1) is 16.2. The van der Waals surface area contributed by atoms with Gasteiger partial charge in [0.2, 0.25) is 0 Å². The summed E-state index contributed by atoms with van der Waals surface area (Å²) in [5.74, 6) is 0.581. The molecule has 3 heterocycles. The molecule has 3 aromatic rings. The van der Waals surface area contributed by atoms with Crippen LogP contribution in [0.3, 0.4) is 0 Å². The molecule has 1 unspecified atom stereocenters. The maximum Gasteiger partial charge on any atom is 0.265 e. The molecule has 2 aromatic heterocycles. The summed E-state index contributed by atoms with van der Waals surface area (Å²) in [6, 6.07) is 6.28. The average molecular weight is 365 g/mol. The lowest BCUT2D eigenvalue weighted by atomic mass is 10.0. The van der Waals surface area contributed by atoms with Gasteiger partial charge in [-0.1, -0.05) is 18.5 Å². The van der Waals surface area contributed by atoms with E-state index in [-0.39, 0.29) is 11.3 Å². The monoisotopic (exact) mass is 364 g/mol. The number of halogens is 3. The van der Waals surface area contributed by atoms with Gasteiger partial charge in [-0.2, -0.15) is 5.10 Å². The van der Waals surface area contributed by atoms with Crippen LogP contribution in [-0.2, 0) is 12.8 Å². The molecule has 0 bridgehead atoms. The van der Waals surface area contributed by atoms with Gasteiger partial charge in [-0.3, -0.25) is 0 Å². The summed E-state index contributed by atoms with van der Waals surface area (Å²) >= 11 is 6.30. The second kappa shape index (κ2) is 5.93. The minimum atomic E-state index is -2.66. The second-order valence-corrected chi connectivity index (χ2v) is 6.35. The Bertz CT molecular complexity index is 973. The highest BCUT2D eigenvalue weighted by atomic mass is 35.5. The molecule has 25 heavy (non-hydrogen) atoms. The first-order chi connectivity index (χ1) is 12.0. The lowest BCUT2D eigenvalue weighted by molar-refractivity contribution is 0.151. The number of nitrogens with one attached hydrogen (secondary N) is 1. The first-order valence-electron chi connectivity index (χ1n) is 7.92. The Hall–Kier alpha value is -2.25. The van der Waals surface area contributed by atoms with Crippen LogP contribution in [0.25, 0.3) is 16.9 Å². The lowest BCUT2D eigenvalue weighted by Gasteiger charge is -2.13. The van der Waals surface area contributed by atoms with Crippen molar-refractivity contribution in [2.75, 3.05) is 5.32 Å². The molecule has 1 aliphatic heterocycles. The lowest BCUT2D eigenvalue weighted by Crippen LogP contribution is -2.12. The number of hydrogen-bond acceptors (Lipinski definition) is 4. The van der Waals surface area contributed by atoms with Gasteiger partial charge < -0.3 is 10.4 Å². The van der Waals surface area contributed by atoms with Crippen LogP contribution in [-0.4, -0.2) is 25.9 Å². The maximum absolute atomic E-state index is 13.6. The van der Waals surface area contributed by atoms with E-state index in [0.717, 1.165) is 5.56 Å². The van der Waals surface area contributed by atoms with E-state index in [2.05, 4.69) is 15.4 Å². The summed E-state index contributed by atoms with van der Waals surface area (Å²) < 4.78 is 28.7. The van der Waals surface area contributed by atoms with E-state index in [1.807, 2.05) is 6.92 Å². The van der Waals surface area contributed by atoms with E-state index in [9.17, 15) is 13.9 Å². The van der Waals surface area contributed by atoms with Gasteiger partial charge in [0.05, 0.1) is 16.4 Å². The van der Waals surface area contributed by atoms with Crippen molar-refractivity contribution >= 4 is 22.9 Å². The number of aliphatic hydroxyl groups excluding tert-OH is 1. The van der Waals surface area contributed by atoms with Gasteiger partial charge in [0, 0.05) is 24.0 Å². The largest absolute Gasteiger partial charge is 0.373 e. The molecule has 0 aliphatic carbocycles. The summed E-state index contributed by atoms with van der Waals surface area (Å²) in [6.45, 7) is 1.90. The van der Waals surface area contributed by atoms with Crippen molar-refractivity contribution in [3.63, 3.8) is 0 Å². The van der Waals surface area contributed by atoms with Crippen LogP contribution in [0.4, 0.5) is 14.5 Å². The first-order valence-corrected chi connectivity index (χ1v) is 8.29. The molecule has 0 amide bonds. The summed E-state index contributed by atoms with van der Waals surface area (Å²) in [5, 5.41) is 17.4. The van der Waals surface area contributed by atoms with Gasteiger partial charge >= 0.3 is 0 Å². The maximum atomic E-state index is 13.6. The van der Waals surface area contributed by atoms with E-state index < -0.39 is 12.7 Å². The zero-order valence-electron chi connectivity index (χ0n) is 13.3. The highest BCUT2D eigenvalue weighted by molar-refractivity contribution is 6.33. The predicted octanol–water partition coefficient (Wildman–Crippen LogP) is 3.84. The van der Waals surface area contributed by atoms with Gasteiger partial charge in [-0.25, -0.2) is 18.3 Å². The van der Waals surface area contributed by atoms with Crippen molar-refractivity contribution in [2.45, 2.75) is 32.4 Å². The molecule has 4 rings (SSSR count). The van der Waals surface area contributed by atoms with Crippen molar-refractivity contribution < 1.29 is 13.9 Å². The third kappa shape index (κ3) is 2.63. The molecule has 0 saturated heterocycles. The van der Waals surface area contributed by atoms with E-state index in [1.54, 1.807) is 12.1 Å². The number of rotatable bonds is 3. The Labute approximate surface area is 147 Å². The number of hydrogen-bond donors (Lipinski definition) is 2. The van der Waals surface area contributed by atoms with Crippen molar-refractivity contribution in [1.29, 1.82) is 0 Å². The Morgan fingerprint density at radius 1 is 1.40 bits per heavy atom. The van der Waals surface area contributed by atoms with Crippen LogP contribution in [0.15, 0.2) is 24.3 Å². The SMILES string of the molecule is CCc1nc2ccc(C(F)F)c(-c3cc(Cl)c4c(c3)CC(O)N4)n2n1. The van der Waals surface area contributed by atoms with Gasteiger partial charge in [-0.15, -0.1) is 0 Å². The number of nitrogens with zero attached hydrogens (tertiary/aromatic N) is 3. The minimum Gasteiger partial charge on any atom is -0.373 e. The molecule has 8 heteroatoms. The van der Waals surface area contributed by atoms with E-state index in [0.29, 0.717) is 40.6 Å². The summed E-state index contributed by atoms with van der Waals surface area (Å²) in [6.07, 6.45) is -2.43. The quantitative estimate of drug-likeness (QED) is 0.741. The number of benzene rings is 1. The minimum absolute atomic E-state index is 0.137. The fraction of sp³-hybridized carbons (Fsp3) is 0.294. The van der Waals surface area contributed by atoms with Gasteiger partial charge in [0.15, 0.2) is 11.5 Å². The van der Waals surface area contributed by atoms with Crippen molar-refractivity contribution in [1.82, 2.24) is 14.6 Å². The van der Waals surface area contributed by atoms with Crippen LogP contribution in [0.1, 0.15) is 30.3 Å². The topological polar surface area (TPSA) is 62.5 Å². The highest BCUT2D eigenvalue weighted by Gasteiger charge is 2.25. The molecule has 1 aliphatic rings. The third-order valence-corrected chi connectivity index (χ3v) is 4.59. The molecule has 0 spiro atoms. The normalized spacial score (nSPS) is 16.5. The van der Waals surface area contributed by atoms with Crippen molar-refractivity contribution in [3.8, 4) is 11.3 Å².